The van der Waals surface area contributed by atoms with Crippen LogP contribution in [0.15, 0.2) is 267 Å². The molecule has 4 aromatic heterocycles. The predicted octanol–water partition coefficient (Wildman–Crippen LogP) is 17.1. The SMILES string of the molecule is c1ccc(-c2ccc3c(c2)c2ccccc2n3-c2ccc(-c3ccncc3)cc2-c2cc(-c3nc(-c4ccccc4)nc(-c4ccccc4)n3)ccc2-n2c3ccccc3c3cc(-c4ccccc4)ccc32)cc1. The van der Waals surface area contributed by atoms with Crippen LogP contribution < -0.4 is 0 Å². The predicted molar refractivity (Wildman–Crippen MR) is 304 cm³/mol. The summed E-state index contributed by atoms with van der Waals surface area (Å²) in [6.07, 6.45) is 3.73. The highest BCUT2D eigenvalue weighted by Crippen LogP contribution is 2.44. The molecular weight excluding hydrogens is 901 g/mol. The van der Waals surface area contributed by atoms with Gasteiger partial charge >= 0.3 is 0 Å². The summed E-state index contributed by atoms with van der Waals surface area (Å²) < 4.78 is 4.89. The number of aromatic nitrogens is 6. The Bertz CT molecular complexity index is 4340. The fraction of sp³-hybridized carbons (Fsp3) is 0. The number of hydrogen-bond acceptors (Lipinski definition) is 4. The Labute approximate surface area is 427 Å². The van der Waals surface area contributed by atoms with Crippen molar-refractivity contribution < 1.29 is 0 Å². The highest BCUT2D eigenvalue weighted by molar-refractivity contribution is 6.13. The molecule has 4 heterocycles. The Balaban J connectivity index is 1.09. The topological polar surface area (TPSA) is 61.4 Å². The van der Waals surface area contributed by atoms with Crippen molar-refractivity contribution in [3.05, 3.63) is 267 Å². The van der Waals surface area contributed by atoms with E-state index in [1.165, 1.54) is 43.8 Å². The first kappa shape index (κ1) is 42.8. The van der Waals surface area contributed by atoms with Crippen molar-refractivity contribution >= 4 is 43.6 Å². The quantitative estimate of drug-likeness (QED) is 0.145. The van der Waals surface area contributed by atoms with Crippen molar-refractivity contribution in [2.24, 2.45) is 0 Å². The summed E-state index contributed by atoms with van der Waals surface area (Å²) >= 11 is 0. The number of nitrogens with zero attached hydrogens (tertiary/aromatic N) is 6. The first-order valence-electron chi connectivity index (χ1n) is 24.9. The van der Waals surface area contributed by atoms with Gasteiger partial charge in [-0.3, -0.25) is 4.98 Å². The van der Waals surface area contributed by atoms with Crippen molar-refractivity contribution in [3.63, 3.8) is 0 Å². The normalized spacial score (nSPS) is 11.5. The zero-order valence-electron chi connectivity index (χ0n) is 40.1. The van der Waals surface area contributed by atoms with Gasteiger partial charge in [-0.25, -0.2) is 15.0 Å². The molecule has 0 amide bonds. The van der Waals surface area contributed by atoms with Gasteiger partial charge in [0, 0.05) is 61.8 Å². The lowest BCUT2D eigenvalue weighted by Gasteiger charge is -2.21. The summed E-state index contributed by atoms with van der Waals surface area (Å²) in [6, 6.07) is 90.7. The highest BCUT2D eigenvalue weighted by Gasteiger charge is 2.24. The van der Waals surface area contributed by atoms with Crippen LogP contribution in [-0.2, 0) is 0 Å². The van der Waals surface area contributed by atoms with Crippen LogP contribution in [-0.4, -0.2) is 29.1 Å². The third-order valence-electron chi connectivity index (χ3n) is 14.3. The minimum atomic E-state index is 0.581. The van der Waals surface area contributed by atoms with Crippen molar-refractivity contribution in [1.29, 1.82) is 0 Å². The summed E-state index contributed by atoms with van der Waals surface area (Å²) in [6.45, 7) is 0. The third kappa shape index (κ3) is 7.44. The summed E-state index contributed by atoms with van der Waals surface area (Å²) in [5.41, 5.74) is 18.1. The minimum Gasteiger partial charge on any atom is -0.309 e. The molecule has 0 saturated heterocycles. The van der Waals surface area contributed by atoms with Crippen LogP contribution in [0, 0.1) is 0 Å². The molecule has 6 nitrogen and oxygen atoms in total. The van der Waals surface area contributed by atoms with E-state index in [2.05, 4.69) is 233 Å². The summed E-state index contributed by atoms with van der Waals surface area (Å²) in [5, 5.41) is 4.72. The van der Waals surface area contributed by atoms with Gasteiger partial charge in [0.15, 0.2) is 17.5 Å². The van der Waals surface area contributed by atoms with Crippen LogP contribution in [0.3, 0.4) is 0 Å². The number of fused-ring (bicyclic) bond motifs is 6. The number of pyridine rings is 1. The van der Waals surface area contributed by atoms with E-state index in [1.54, 1.807) is 0 Å². The zero-order valence-corrected chi connectivity index (χ0v) is 40.1. The lowest BCUT2D eigenvalue weighted by molar-refractivity contribution is 1.07. The molecule has 0 unspecified atom stereocenters. The molecule has 0 bridgehead atoms. The van der Waals surface area contributed by atoms with Crippen LogP contribution >= 0.6 is 0 Å². The molecule has 0 radical (unpaired) electrons. The molecule has 14 rings (SSSR count). The molecule has 74 heavy (non-hydrogen) atoms. The lowest BCUT2D eigenvalue weighted by atomic mass is 9.94. The van der Waals surface area contributed by atoms with Gasteiger partial charge in [-0.2, -0.15) is 0 Å². The van der Waals surface area contributed by atoms with E-state index in [4.69, 9.17) is 15.0 Å². The smallest absolute Gasteiger partial charge is 0.164 e. The van der Waals surface area contributed by atoms with Crippen molar-refractivity contribution in [2.75, 3.05) is 0 Å². The fourth-order valence-corrected chi connectivity index (χ4v) is 10.8. The van der Waals surface area contributed by atoms with Crippen LogP contribution in [0.4, 0.5) is 0 Å². The number of para-hydroxylation sites is 2. The Hall–Kier alpha value is -10.0. The zero-order chi connectivity index (χ0) is 49.0. The molecule has 6 heteroatoms. The van der Waals surface area contributed by atoms with Crippen LogP contribution in [0.2, 0.25) is 0 Å². The molecule has 0 N–H and O–H groups in total. The largest absolute Gasteiger partial charge is 0.309 e. The van der Waals surface area contributed by atoms with E-state index in [-0.39, 0.29) is 0 Å². The van der Waals surface area contributed by atoms with Crippen LogP contribution in [0.5, 0.6) is 0 Å². The van der Waals surface area contributed by atoms with Crippen molar-refractivity contribution in [2.45, 2.75) is 0 Å². The van der Waals surface area contributed by atoms with E-state index in [0.29, 0.717) is 17.5 Å². The van der Waals surface area contributed by atoms with Gasteiger partial charge in [-0.15, -0.1) is 0 Å². The number of hydrogen-bond donors (Lipinski definition) is 0. The Kier molecular flexibility index (Phi) is 10.4. The maximum Gasteiger partial charge on any atom is 0.164 e. The monoisotopic (exact) mass is 944 g/mol. The Morgan fingerprint density at radius 3 is 1.04 bits per heavy atom. The van der Waals surface area contributed by atoms with Gasteiger partial charge in [0.1, 0.15) is 0 Å². The second kappa shape index (κ2) is 18.0. The maximum absolute atomic E-state index is 5.28. The molecule has 346 valence electrons. The summed E-state index contributed by atoms with van der Waals surface area (Å²) in [7, 11) is 0. The van der Waals surface area contributed by atoms with E-state index in [0.717, 1.165) is 72.4 Å². The van der Waals surface area contributed by atoms with E-state index in [1.807, 2.05) is 48.8 Å². The average molecular weight is 945 g/mol. The average Bonchev–Trinajstić information content (AvgIpc) is 4.00. The standard InChI is InChI=1S/C68H44N6/c1-5-17-45(18-6-1)50-29-33-62-56(41-50)54-25-13-15-27-60(54)73(62)64-35-31-52(47-37-39-69-40-38-47)43-58(64)59-44-53(68-71-66(48-21-9-3-10-22-48)70-67(72-68)49-23-11-4-12-24-49)32-36-65(59)74-61-28-16-14-26-55(61)57-42-51(30-34-63(57)74)46-19-7-2-8-20-46/h1-44H. The Morgan fingerprint density at radius 2 is 0.568 bits per heavy atom. The van der Waals surface area contributed by atoms with Crippen molar-refractivity contribution in [3.8, 4) is 90.0 Å². The van der Waals surface area contributed by atoms with Gasteiger partial charge in [0.05, 0.1) is 33.4 Å². The second-order valence-electron chi connectivity index (χ2n) is 18.6. The fourth-order valence-electron chi connectivity index (χ4n) is 10.8. The van der Waals surface area contributed by atoms with E-state index >= 15 is 0 Å². The van der Waals surface area contributed by atoms with Crippen molar-refractivity contribution in [1.82, 2.24) is 29.1 Å². The third-order valence-corrected chi connectivity index (χ3v) is 14.3. The molecular formula is C68H44N6. The summed E-state index contributed by atoms with van der Waals surface area (Å²) in [5.74, 6) is 1.80. The summed E-state index contributed by atoms with van der Waals surface area (Å²) in [4.78, 5) is 20.0. The first-order chi connectivity index (χ1) is 36.7. The molecule has 0 aliphatic carbocycles. The lowest BCUT2D eigenvalue weighted by Crippen LogP contribution is -2.04. The van der Waals surface area contributed by atoms with Gasteiger partial charge in [-0.05, 0) is 112 Å². The Morgan fingerprint density at radius 1 is 0.230 bits per heavy atom. The minimum absolute atomic E-state index is 0.581. The van der Waals surface area contributed by atoms with Crippen LogP contribution in [0.1, 0.15) is 0 Å². The van der Waals surface area contributed by atoms with Gasteiger partial charge in [0.25, 0.3) is 0 Å². The van der Waals surface area contributed by atoms with E-state index < -0.39 is 0 Å². The molecule has 0 saturated carbocycles. The van der Waals surface area contributed by atoms with E-state index in [9.17, 15) is 0 Å². The highest BCUT2D eigenvalue weighted by atomic mass is 15.0. The van der Waals surface area contributed by atoms with Gasteiger partial charge in [0.2, 0.25) is 0 Å². The maximum atomic E-state index is 5.28. The molecule has 0 atom stereocenters. The van der Waals surface area contributed by atoms with Gasteiger partial charge < -0.3 is 9.13 Å². The molecule has 0 fully saturated rings. The molecule has 0 spiro atoms. The molecule has 0 aliphatic rings. The number of benzene rings is 10. The van der Waals surface area contributed by atoms with Gasteiger partial charge in [-0.1, -0.05) is 176 Å². The molecule has 0 aliphatic heterocycles. The van der Waals surface area contributed by atoms with Crippen LogP contribution in [0.25, 0.3) is 134 Å². The second-order valence-corrected chi connectivity index (χ2v) is 18.6. The first-order valence-corrected chi connectivity index (χ1v) is 24.9. The molecule has 14 aromatic rings. The number of rotatable bonds is 9. The molecule has 10 aromatic carbocycles.